The number of aryl methyl sites for hydroxylation is 1. The lowest BCUT2D eigenvalue weighted by atomic mass is 10.2. The number of pyridine rings is 1. The van der Waals surface area contributed by atoms with E-state index in [2.05, 4.69) is 25.6 Å². The van der Waals surface area contributed by atoms with E-state index in [-0.39, 0.29) is 12.0 Å². The molecule has 2 heterocycles. The average Bonchev–Trinajstić information content (AvgIpc) is 3.07. The molecule has 0 radical (unpaired) electrons. The maximum Gasteiger partial charge on any atom is 0.350 e. The fourth-order valence-corrected chi connectivity index (χ4v) is 3.56. The Balaban J connectivity index is 2.03. The van der Waals surface area contributed by atoms with Crippen molar-refractivity contribution < 1.29 is 9.53 Å². The zero-order valence-electron chi connectivity index (χ0n) is 17.2. The van der Waals surface area contributed by atoms with Crippen molar-refractivity contribution in [2.45, 2.75) is 33.4 Å². The third-order valence-electron chi connectivity index (χ3n) is 3.96. The van der Waals surface area contributed by atoms with Crippen molar-refractivity contribution in [1.82, 2.24) is 20.6 Å². The molecule has 0 bridgehead atoms. The zero-order valence-corrected chi connectivity index (χ0v) is 18.1. The third-order valence-corrected chi connectivity index (χ3v) is 5.28. The summed E-state index contributed by atoms with van der Waals surface area (Å²) in [5, 5.41) is 7.42. The van der Waals surface area contributed by atoms with Crippen LogP contribution in [0.2, 0.25) is 0 Å². The Morgan fingerprint density at radius 3 is 2.82 bits per heavy atom. The fourth-order valence-electron chi connectivity index (χ4n) is 2.60. The van der Waals surface area contributed by atoms with Crippen LogP contribution in [0, 0.1) is 6.92 Å². The van der Waals surface area contributed by atoms with E-state index in [1.807, 2.05) is 45.0 Å². The van der Waals surface area contributed by atoms with Gasteiger partial charge in [-0.25, -0.2) is 14.8 Å². The van der Waals surface area contributed by atoms with Crippen LogP contribution in [0.1, 0.15) is 45.8 Å². The topological polar surface area (TPSA) is 91.7 Å². The summed E-state index contributed by atoms with van der Waals surface area (Å²) in [7, 11) is 5.65. The van der Waals surface area contributed by atoms with Gasteiger partial charge in [-0.05, 0) is 26.8 Å². The van der Waals surface area contributed by atoms with Gasteiger partial charge in [-0.3, -0.25) is 4.99 Å². The highest BCUT2D eigenvalue weighted by molar-refractivity contribution is 7.13. The molecular formula is C19H28N6O2S. The van der Waals surface area contributed by atoms with Crippen LogP contribution in [0.5, 0.6) is 0 Å². The number of thiazole rings is 1. The van der Waals surface area contributed by atoms with Crippen LogP contribution in [0.25, 0.3) is 0 Å². The van der Waals surface area contributed by atoms with E-state index in [9.17, 15) is 4.79 Å². The van der Waals surface area contributed by atoms with Crippen LogP contribution in [0.15, 0.2) is 23.3 Å². The highest BCUT2D eigenvalue weighted by atomic mass is 32.1. The Hall–Kier alpha value is -2.68. The summed E-state index contributed by atoms with van der Waals surface area (Å²) in [5.74, 6) is 1.23. The predicted molar refractivity (Wildman–Crippen MR) is 113 cm³/mol. The molecule has 28 heavy (non-hydrogen) atoms. The molecule has 2 aromatic heterocycles. The minimum atomic E-state index is -0.328. The molecule has 2 aromatic rings. The summed E-state index contributed by atoms with van der Waals surface area (Å²) in [4.78, 5) is 27.7. The molecule has 2 N–H and O–H groups in total. The summed E-state index contributed by atoms with van der Waals surface area (Å²) in [6.07, 6.45) is 1.78. The quantitative estimate of drug-likeness (QED) is 0.416. The number of hydrogen-bond donors (Lipinski definition) is 2. The second-order valence-electron chi connectivity index (χ2n) is 6.36. The third kappa shape index (κ3) is 5.41. The molecule has 152 valence electrons. The van der Waals surface area contributed by atoms with Crippen molar-refractivity contribution in [1.29, 1.82) is 0 Å². The number of carbonyl (C=O) groups excluding carboxylic acids is 1. The van der Waals surface area contributed by atoms with E-state index in [1.54, 1.807) is 20.2 Å². The Labute approximate surface area is 170 Å². The van der Waals surface area contributed by atoms with E-state index < -0.39 is 0 Å². The highest BCUT2D eigenvalue weighted by Crippen LogP contribution is 2.24. The number of esters is 1. The van der Waals surface area contributed by atoms with Crippen molar-refractivity contribution in [3.8, 4) is 0 Å². The first-order valence-corrected chi connectivity index (χ1v) is 9.91. The Morgan fingerprint density at radius 2 is 2.18 bits per heavy atom. The number of aliphatic imine (C=N–C) groups is 1. The molecule has 0 aromatic carbocycles. The smallest absolute Gasteiger partial charge is 0.350 e. The minimum Gasteiger partial charge on any atom is -0.462 e. The van der Waals surface area contributed by atoms with Crippen LogP contribution in [-0.2, 0) is 11.3 Å². The van der Waals surface area contributed by atoms with Crippen LogP contribution < -0.4 is 15.5 Å². The average molecular weight is 405 g/mol. The summed E-state index contributed by atoms with van der Waals surface area (Å²) in [6.45, 7) is 6.52. The summed E-state index contributed by atoms with van der Waals surface area (Å²) in [6, 6.07) is 3.83. The van der Waals surface area contributed by atoms with Crippen LogP contribution in [0.3, 0.4) is 0 Å². The number of aromatic nitrogens is 2. The van der Waals surface area contributed by atoms with Crippen molar-refractivity contribution >= 4 is 29.1 Å². The monoisotopic (exact) mass is 404 g/mol. The Kier molecular flexibility index (Phi) is 7.74. The van der Waals surface area contributed by atoms with Gasteiger partial charge in [0.1, 0.15) is 15.7 Å². The first-order valence-electron chi connectivity index (χ1n) is 9.10. The molecule has 2 rings (SSSR count). The fraction of sp³-hybridized carbons (Fsp3) is 0.474. The number of ether oxygens (including phenoxy) is 1. The number of carbonyl (C=O) groups is 1. The standard InChI is InChI=1S/C19H28N6O2S/c1-7-27-18(26)15-12(2)23-17(28-15)13(3)24-19(20-4)22-11-14-9-8-10-21-16(14)25(5)6/h8-10,13H,7,11H2,1-6H3,(H2,20,22,24). The SMILES string of the molecule is CCOC(=O)c1sc(C(C)NC(=NC)NCc2cccnc2N(C)C)nc1C. The lowest BCUT2D eigenvalue weighted by Gasteiger charge is -2.19. The number of rotatable bonds is 7. The lowest BCUT2D eigenvalue weighted by molar-refractivity contribution is 0.0531. The van der Waals surface area contributed by atoms with Crippen LogP contribution in [0.4, 0.5) is 5.82 Å². The van der Waals surface area contributed by atoms with Gasteiger partial charge in [-0.1, -0.05) is 6.07 Å². The van der Waals surface area contributed by atoms with Gasteiger partial charge < -0.3 is 20.3 Å². The van der Waals surface area contributed by atoms with Crippen molar-refractivity contribution in [2.75, 3.05) is 32.6 Å². The van der Waals surface area contributed by atoms with Crippen molar-refractivity contribution in [2.24, 2.45) is 4.99 Å². The number of nitrogens with one attached hydrogen (secondary N) is 2. The molecule has 9 heteroatoms. The number of anilines is 1. The molecule has 8 nitrogen and oxygen atoms in total. The molecule has 0 aliphatic rings. The van der Waals surface area contributed by atoms with Crippen LogP contribution in [-0.4, -0.2) is 49.6 Å². The van der Waals surface area contributed by atoms with Gasteiger partial charge in [-0.2, -0.15) is 0 Å². The Bertz CT molecular complexity index is 834. The molecule has 0 amide bonds. The second kappa shape index (κ2) is 10.0. The molecule has 0 saturated heterocycles. The first kappa shape index (κ1) is 21.6. The molecule has 0 saturated carbocycles. The van der Waals surface area contributed by atoms with Gasteiger partial charge in [0.15, 0.2) is 5.96 Å². The normalized spacial score (nSPS) is 12.4. The van der Waals surface area contributed by atoms with Gasteiger partial charge in [0.05, 0.1) is 18.3 Å². The second-order valence-corrected chi connectivity index (χ2v) is 7.39. The van der Waals surface area contributed by atoms with Crippen molar-refractivity contribution in [3.05, 3.63) is 39.5 Å². The van der Waals surface area contributed by atoms with Gasteiger partial charge in [0.25, 0.3) is 0 Å². The van der Waals surface area contributed by atoms with Gasteiger partial charge in [0.2, 0.25) is 0 Å². The summed E-state index contributed by atoms with van der Waals surface area (Å²) in [5.41, 5.74) is 1.75. The lowest BCUT2D eigenvalue weighted by Crippen LogP contribution is -2.38. The van der Waals surface area contributed by atoms with E-state index in [0.717, 1.165) is 16.4 Å². The predicted octanol–water partition coefficient (Wildman–Crippen LogP) is 2.52. The van der Waals surface area contributed by atoms with E-state index >= 15 is 0 Å². The zero-order chi connectivity index (χ0) is 20.7. The van der Waals surface area contributed by atoms with Gasteiger partial charge >= 0.3 is 5.97 Å². The summed E-state index contributed by atoms with van der Waals surface area (Å²) < 4.78 is 5.09. The van der Waals surface area contributed by atoms with E-state index in [1.165, 1.54) is 11.3 Å². The number of guanidine groups is 1. The summed E-state index contributed by atoms with van der Waals surface area (Å²) >= 11 is 1.34. The van der Waals surface area contributed by atoms with Gasteiger partial charge in [-0.15, -0.1) is 11.3 Å². The maximum atomic E-state index is 12.0. The molecular weight excluding hydrogens is 376 g/mol. The number of hydrogen-bond acceptors (Lipinski definition) is 7. The van der Waals surface area contributed by atoms with Crippen molar-refractivity contribution in [3.63, 3.8) is 0 Å². The van der Waals surface area contributed by atoms with Gasteiger partial charge in [0, 0.05) is 39.4 Å². The maximum absolute atomic E-state index is 12.0. The molecule has 1 unspecified atom stereocenters. The molecule has 0 spiro atoms. The van der Waals surface area contributed by atoms with E-state index in [0.29, 0.717) is 29.7 Å². The Morgan fingerprint density at radius 1 is 1.43 bits per heavy atom. The van der Waals surface area contributed by atoms with E-state index in [4.69, 9.17) is 4.74 Å². The number of nitrogens with zero attached hydrogens (tertiary/aromatic N) is 4. The van der Waals surface area contributed by atoms with Crippen LogP contribution >= 0.6 is 11.3 Å². The highest BCUT2D eigenvalue weighted by Gasteiger charge is 2.20. The molecule has 0 aliphatic carbocycles. The molecule has 0 aliphatic heterocycles. The molecule has 1 atom stereocenters. The molecule has 0 fully saturated rings. The minimum absolute atomic E-state index is 0.111. The largest absolute Gasteiger partial charge is 0.462 e. The first-order chi connectivity index (χ1) is 13.4.